The van der Waals surface area contributed by atoms with Crippen LogP contribution in [-0.2, 0) is 15.9 Å². The lowest BCUT2D eigenvalue weighted by Gasteiger charge is -1.98. The fourth-order valence-electron chi connectivity index (χ4n) is 0.787. The maximum atomic E-state index is 9.19. The molecular formula is C9H14O3S2. The van der Waals surface area contributed by atoms with Crippen LogP contribution in [0.15, 0.2) is 24.3 Å². The van der Waals surface area contributed by atoms with Gasteiger partial charge in [-0.05, 0) is 18.1 Å². The number of rotatable bonds is 1. The van der Waals surface area contributed by atoms with Crippen LogP contribution in [0.2, 0.25) is 0 Å². The maximum absolute atomic E-state index is 9.19. The van der Waals surface area contributed by atoms with Crippen LogP contribution in [0.25, 0.3) is 0 Å². The van der Waals surface area contributed by atoms with Gasteiger partial charge < -0.3 is 0 Å². The van der Waals surface area contributed by atoms with Crippen molar-refractivity contribution >= 4 is 22.7 Å². The Balaban J connectivity index is 0.000000292. The molecule has 0 aromatic heterocycles. The van der Waals surface area contributed by atoms with Gasteiger partial charge in [-0.15, -0.1) is 0 Å². The number of thiol groups is 1. The van der Waals surface area contributed by atoms with Gasteiger partial charge >= 0.3 is 0 Å². The van der Waals surface area contributed by atoms with Crippen LogP contribution in [-0.4, -0.2) is 19.2 Å². The van der Waals surface area contributed by atoms with E-state index in [4.69, 9.17) is 4.55 Å². The highest BCUT2D eigenvalue weighted by molar-refractivity contribution is 7.85. The number of hydrogen-bond donors (Lipinski definition) is 2. The Bertz CT molecular complexity index is 363. The van der Waals surface area contributed by atoms with Crippen molar-refractivity contribution in [3.05, 3.63) is 35.4 Å². The summed E-state index contributed by atoms with van der Waals surface area (Å²) in [7, 11) is -3.67. The molecule has 0 radical (unpaired) electrons. The Kier molecular flexibility index (Phi) is 5.83. The van der Waals surface area contributed by atoms with E-state index in [9.17, 15) is 8.42 Å². The highest BCUT2D eigenvalue weighted by Crippen LogP contribution is 2.08. The van der Waals surface area contributed by atoms with Crippen molar-refractivity contribution < 1.29 is 13.0 Å². The summed E-state index contributed by atoms with van der Waals surface area (Å²) in [5.74, 6) is 0.840. The highest BCUT2D eigenvalue weighted by Gasteiger charge is 1.90. The zero-order valence-electron chi connectivity index (χ0n) is 8.14. The molecule has 1 N–H and O–H groups in total. The summed E-state index contributed by atoms with van der Waals surface area (Å²) in [5.41, 5.74) is 2.65. The molecule has 1 aromatic rings. The molecule has 0 fully saturated rings. The standard InChI is InChI=1S/C8H10S.CH4O3S/c1-7-4-2-3-5-8(7)6-9;1-5(2,3)4/h2-5,9H,6H2,1H3;1H3,(H,2,3,4). The molecule has 0 aliphatic rings. The van der Waals surface area contributed by atoms with E-state index in [-0.39, 0.29) is 0 Å². The molecule has 0 atom stereocenters. The molecule has 0 bridgehead atoms. The second-order valence-electron chi connectivity index (χ2n) is 2.82. The Morgan fingerprint density at radius 3 is 2.07 bits per heavy atom. The molecule has 0 amide bonds. The molecule has 1 aromatic carbocycles. The summed E-state index contributed by atoms with van der Waals surface area (Å²) in [6, 6.07) is 8.29. The van der Waals surface area contributed by atoms with Gasteiger partial charge in [0.2, 0.25) is 0 Å². The average molecular weight is 234 g/mol. The van der Waals surface area contributed by atoms with E-state index in [1.54, 1.807) is 0 Å². The normalized spacial score (nSPS) is 10.3. The minimum absolute atomic E-state index is 0.715. The van der Waals surface area contributed by atoms with Crippen LogP contribution in [0.4, 0.5) is 0 Å². The Morgan fingerprint density at radius 2 is 1.79 bits per heavy atom. The first kappa shape index (κ1) is 13.5. The lowest BCUT2D eigenvalue weighted by molar-refractivity contribution is 0.490. The van der Waals surface area contributed by atoms with Gasteiger partial charge in [-0.3, -0.25) is 4.55 Å². The van der Waals surface area contributed by atoms with E-state index >= 15 is 0 Å². The SMILES string of the molecule is CS(=O)(=O)O.Cc1ccccc1CS. The summed E-state index contributed by atoms with van der Waals surface area (Å²) < 4.78 is 25.9. The van der Waals surface area contributed by atoms with E-state index in [0.717, 1.165) is 5.75 Å². The van der Waals surface area contributed by atoms with Crippen molar-refractivity contribution in [3.8, 4) is 0 Å². The minimum Gasteiger partial charge on any atom is -0.286 e. The van der Waals surface area contributed by atoms with Gasteiger partial charge in [0.1, 0.15) is 0 Å². The van der Waals surface area contributed by atoms with Crippen LogP contribution < -0.4 is 0 Å². The molecule has 14 heavy (non-hydrogen) atoms. The quantitative estimate of drug-likeness (QED) is 0.576. The monoisotopic (exact) mass is 234 g/mol. The van der Waals surface area contributed by atoms with Crippen LogP contribution >= 0.6 is 12.6 Å². The van der Waals surface area contributed by atoms with Crippen molar-refractivity contribution in [3.63, 3.8) is 0 Å². The van der Waals surface area contributed by atoms with E-state index < -0.39 is 10.1 Å². The van der Waals surface area contributed by atoms with Crippen LogP contribution in [0, 0.1) is 6.92 Å². The molecule has 5 heteroatoms. The van der Waals surface area contributed by atoms with Gasteiger partial charge in [0, 0.05) is 5.75 Å². The molecular weight excluding hydrogens is 220 g/mol. The van der Waals surface area contributed by atoms with Gasteiger partial charge in [-0.25, -0.2) is 0 Å². The maximum Gasteiger partial charge on any atom is 0.261 e. The minimum atomic E-state index is -3.67. The molecule has 0 heterocycles. The number of hydrogen-bond acceptors (Lipinski definition) is 3. The van der Waals surface area contributed by atoms with Gasteiger partial charge in [0.25, 0.3) is 10.1 Å². The third-order valence-corrected chi connectivity index (χ3v) is 1.77. The predicted octanol–water partition coefficient (Wildman–Crippen LogP) is 1.93. The summed E-state index contributed by atoms with van der Waals surface area (Å²) in [4.78, 5) is 0. The summed E-state index contributed by atoms with van der Waals surface area (Å²) in [5, 5.41) is 0. The van der Waals surface area contributed by atoms with Crippen molar-refractivity contribution in [1.29, 1.82) is 0 Å². The van der Waals surface area contributed by atoms with E-state index in [1.807, 2.05) is 12.1 Å². The Hall–Kier alpha value is -0.520. The highest BCUT2D eigenvalue weighted by atomic mass is 32.2. The van der Waals surface area contributed by atoms with Gasteiger partial charge in [0.05, 0.1) is 6.26 Å². The summed E-state index contributed by atoms with van der Waals surface area (Å²) in [6.45, 7) is 2.10. The lowest BCUT2D eigenvalue weighted by atomic mass is 10.1. The van der Waals surface area contributed by atoms with Gasteiger partial charge in [-0.1, -0.05) is 24.3 Å². The molecule has 0 aliphatic heterocycles. The van der Waals surface area contributed by atoms with E-state index in [0.29, 0.717) is 6.26 Å². The van der Waals surface area contributed by atoms with Crippen molar-refractivity contribution in [1.82, 2.24) is 0 Å². The summed E-state index contributed by atoms with van der Waals surface area (Å²) in [6.07, 6.45) is 0.715. The molecule has 0 aliphatic carbocycles. The Morgan fingerprint density at radius 1 is 1.36 bits per heavy atom. The Labute approximate surface area is 90.3 Å². The topological polar surface area (TPSA) is 54.4 Å². The van der Waals surface area contributed by atoms with E-state index in [2.05, 4.69) is 31.7 Å². The smallest absolute Gasteiger partial charge is 0.261 e. The van der Waals surface area contributed by atoms with Crippen molar-refractivity contribution in [2.45, 2.75) is 12.7 Å². The number of aryl methyl sites for hydroxylation is 1. The second-order valence-corrected chi connectivity index (χ2v) is 4.60. The molecule has 0 saturated carbocycles. The van der Waals surface area contributed by atoms with Crippen LogP contribution in [0.1, 0.15) is 11.1 Å². The van der Waals surface area contributed by atoms with Crippen molar-refractivity contribution in [2.75, 3.05) is 6.26 Å². The van der Waals surface area contributed by atoms with Crippen LogP contribution in [0.3, 0.4) is 0 Å². The van der Waals surface area contributed by atoms with Gasteiger partial charge in [-0.2, -0.15) is 21.0 Å². The fourth-order valence-corrected chi connectivity index (χ4v) is 1.14. The predicted molar refractivity (Wildman–Crippen MR) is 61.3 cm³/mol. The molecule has 0 unspecified atom stereocenters. The van der Waals surface area contributed by atoms with Gasteiger partial charge in [0.15, 0.2) is 0 Å². The van der Waals surface area contributed by atoms with Crippen molar-refractivity contribution in [2.24, 2.45) is 0 Å². The molecule has 80 valence electrons. The second kappa shape index (κ2) is 6.06. The molecule has 0 saturated heterocycles. The third kappa shape index (κ3) is 8.10. The van der Waals surface area contributed by atoms with Crippen LogP contribution in [0.5, 0.6) is 0 Å². The first-order valence-corrected chi connectivity index (χ1v) is 6.40. The number of benzene rings is 1. The summed E-state index contributed by atoms with van der Waals surface area (Å²) >= 11 is 4.18. The first-order chi connectivity index (χ1) is 6.34. The first-order valence-electron chi connectivity index (χ1n) is 3.92. The third-order valence-electron chi connectivity index (χ3n) is 1.43. The van der Waals surface area contributed by atoms with E-state index in [1.165, 1.54) is 11.1 Å². The molecule has 3 nitrogen and oxygen atoms in total. The molecule has 0 spiro atoms. The zero-order chi connectivity index (χ0) is 11.2. The lowest BCUT2D eigenvalue weighted by Crippen LogP contribution is -1.88. The average Bonchev–Trinajstić information content (AvgIpc) is 2.02. The molecule has 1 rings (SSSR count). The fraction of sp³-hybridized carbons (Fsp3) is 0.333. The largest absolute Gasteiger partial charge is 0.286 e. The zero-order valence-corrected chi connectivity index (χ0v) is 9.85.